The molecule has 0 aromatic heterocycles. The summed E-state index contributed by atoms with van der Waals surface area (Å²) < 4.78 is 0. The fraction of sp³-hybridized carbons (Fsp3) is 0.273. The zero-order valence-electron chi connectivity index (χ0n) is 8.96. The van der Waals surface area contributed by atoms with E-state index in [-0.39, 0.29) is 17.6 Å². The molecule has 0 aliphatic rings. The summed E-state index contributed by atoms with van der Waals surface area (Å²) in [6, 6.07) is 4.78. The average molecular weight is 260 g/mol. The molecule has 3 nitrogen and oxygen atoms in total. The Hall–Kier alpha value is -1.06. The summed E-state index contributed by atoms with van der Waals surface area (Å²) in [4.78, 5) is 24.1. The lowest BCUT2D eigenvalue weighted by atomic mass is 10.1. The number of rotatable bonds is 3. The average Bonchev–Trinajstić information content (AvgIpc) is 2.26. The molecule has 1 aromatic rings. The van der Waals surface area contributed by atoms with Gasteiger partial charge in [0.05, 0.1) is 5.69 Å². The van der Waals surface area contributed by atoms with Crippen molar-refractivity contribution in [2.45, 2.75) is 6.92 Å². The van der Waals surface area contributed by atoms with Gasteiger partial charge >= 0.3 is 0 Å². The Balaban J connectivity index is 3.24. The molecule has 0 spiro atoms. The number of amides is 1. The third kappa shape index (κ3) is 2.74. The van der Waals surface area contributed by atoms with Crippen molar-refractivity contribution in [1.29, 1.82) is 0 Å². The van der Waals surface area contributed by atoms with Crippen molar-refractivity contribution in [3.63, 3.8) is 0 Å². The highest BCUT2D eigenvalue weighted by Gasteiger charge is 2.16. The largest absolute Gasteiger partial charge is 0.314 e. The topological polar surface area (TPSA) is 37.4 Å². The van der Waals surface area contributed by atoms with Crippen LogP contribution < -0.4 is 4.90 Å². The Kier molecular flexibility index (Phi) is 4.33. The summed E-state index contributed by atoms with van der Waals surface area (Å²) >= 11 is 11.3. The summed E-state index contributed by atoms with van der Waals surface area (Å²) in [5.41, 5.74) is 0.927. The molecule has 1 aromatic carbocycles. The molecule has 0 unspecified atom stereocenters. The van der Waals surface area contributed by atoms with Crippen molar-refractivity contribution < 1.29 is 9.59 Å². The molecule has 0 atom stereocenters. The highest BCUT2D eigenvalue weighted by atomic mass is 35.5. The highest BCUT2D eigenvalue weighted by Crippen LogP contribution is 2.24. The van der Waals surface area contributed by atoms with Crippen molar-refractivity contribution in [2.24, 2.45) is 0 Å². The van der Waals surface area contributed by atoms with E-state index in [9.17, 15) is 9.59 Å². The summed E-state index contributed by atoms with van der Waals surface area (Å²) in [6.07, 6.45) is 0. The summed E-state index contributed by atoms with van der Waals surface area (Å²) in [6.45, 7) is 1.44. The van der Waals surface area contributed by atoms with Crippen molar-refractivity contribution >= 4 is 40.6 Å². The molecule has 0 heterocycles. The van der Waals surface area contributed by atoms with E-state index in [0.717, 1.165) is 0 Å². The Morgan fingerprint density at radius 2 is 2.00 bits per heavy atom. The lowest BCUT2D eigenvalue weighted by Gasteiger charge is -2.19. The third-order valence-electron chi connectivity index (χ3n) is 2.19. The van der Waals surface area contributed by atoms with Crippen LogP contribution in [-0.4, -0.2) is 24.6 Å². The number of benzene rings is 1. The van der Waals surface area contributed by atoms with Crippen molar-refractivity contribution in [3.8, 4) is 0 Å². The van der Waals surface area contributed by atoms with Crippen LogP contribution in [0.25, 0.3) is 0 Å². The van der Waals surface area contributed by atoms with Gasteiger partial charge in [-0.25, -0.2) is 0 Å². The number of anilines is 1. The third-order valence-corrected chi connectivity index (χ3v) is 2.65. The Morgan fingerprint density at radius 3 is 2.50 bits per heavy atom. The van der Waals surface area contributed by atoms with Gasteiger partial charge in [-0.2, -0.15) is 0 Å². The number of Topliss-reactive ketones (excluding diaryl/α,β-unsaturated/α-hetero) is 1. The number of carbonyl (C=O) groups is 2. The summed E-state index contributed by atoms with van der Waals surface area (Å²) in [5, 5.41) is 0.467. The van der Waals surface area contributed by atoms with Crippen molar-refractivity contribution in [2.75, 3.05) is 17.8 Å². The number of halogens is 2. The van der Waals surface area contributed by atoms with Gasteiger partial charge in [-0.1, -0.05) is 11.6 Å². The second-order valence-electron chi connectivity index (χ2n) is 3.30. The van der Waals surface area contributed by atoms with E-state index < -0.39 is 0 Å². The minimum atomic E-state index is -0.286. The molecule has 0 radical (unpaired) electrons. The van der Waals surface area contributed by atoms with E-state index in [0.29, 0.717) is 16.3 Å². The Bertz CT molecular complexity index is 432. The molecular weight excluding hydrogens is 249 g/mol. The van der Waals surface area contributed by atoms with Gasteiger partial charge in [-0.3, -0.25) is 9.59 Å². The first-order chi connectivity index (χ1) is 7.47. The molecule has 0 fully saturated rings. The molecule has 0 N–H and O–H groups in total. The van der Waals surface area contributed by atoms with Gasteiger partial charge < -0.3 is 4.90 Å². The first-order valence-electron chi connectivity index (χ1n) is 4.60. The number of nitrogens with zero attached hydrogens (tertiary/aromatic N) is 1. The minimum Gasteiger partial charge on any atom is -0.314 e. The first-order valence-corrected chi connectivity index (χ1v) is 5.51. The first kappa shape index (κ1) is 13.0. The van der Waals surface area contributed by atoms with E-state index in [1.807, 2.05) is 0 Å². The standard InChI is InChI=1S/C11H11Cl2NO2/c1-7(15)9-4-3-8(13)5-10(9)14(2)11(16)6-12/h3-5H,6H2,1-2H3. The molecule has 0 aliphatic heterocycles. The summed E-state index contributed by atoms with van der Waals surface area (Å²) in [7, 11) is 1.56. The maximum Gasteiger partial charge on any atom is 0.241 e. The van der Waals surface area contributed by atoms with Crippen LogP contribution in [0.15, 0.2) is 18.2 Å². The molecule has 86 valence electrons. The van der Waals surface area contributed by atoms with E-state index in [2.05, 4.69) is 0 Å². The normalized spacial score (nSPS) is 10.0. The fourth-order valence-electron chi connectivity index (χ4n) is 1.30. The monoisotopic (exact) mass is 259 g/mol. The van der Waals surface area contributed by atoms with Crippen molar-refractivity contribution in [3.05, 3.63) is 28.8 Å². The van der Waals surface area contributed by atoms with Gasteiger partial charge in [0.2, 0.25) is 5.91 Å². The quantitative estimate of drug-likeness (QED) is 0.619. The van der Waals surface area contributed by atoms with Crippen LogP contribution in [0.1, 0.15) is 17.3 Å². The molecule has 16 heavy (non-hydrogen) atoms. The van der Waals surface area contributed by atoms with Crippen LogP contribution in [0, 0.1) is 0 Å². The number of hydrogen-bond acceptors (Lipinski definition) is 2. The molecule has 1 rings (SSSR count). The molecule has 0 bridgehead atoms. The molecule has 1 amide bonds. The number of hydrogen-bond donors (Lipinski definition) is 0. The van der Waals surface area contributed by atoms with E-state index in [4.69, 9.17) is 23.2 Å². The molecule has 0 saturated carbocycles. The second-order valence-corrected chi connectivity index (χ2v) is 4.01. The maximum absolute atomic E-state index is 11.4. The van der Waals surface area contributed by atoms with Gasteiger partial charge in [0.1, 0.15) is 5.88 Å². The lowest BCUT2D eigenvalue weighted by molar-refractivity contribution is -0.116. The van der Waals surface area contributed by atoms with Gasteiger partial charge in [0.25, 0.3) is 0 Å². The molecule has 0 aliphatic carbocycles. The lowest BCUT2D eigenvalue weighted by Crippen LogP contribution is -2.28. The van der Waals surface area contributed by atoms with Crippen LogP contribution in [0.4, 0.5) is 5.69 Å². The smallest absolute Gasteiger partial charge is 0.241 e. The number of alkyl halides is 1. The predicted octanol–water partition coefficient (Wildman–Crippen LogP) is 2.74. The minimum absolute atomic E-state index is 0.124. The van der Waals surface area contributed by atoms with Gasteiger partial charge in [-0.05, 0) is 25.1 Å². The zero-order valence-corrected chi connectivity index (χ0v) is 10.5. The van der Waals surface area contributed by atoms with E-state index in [1.165, 1.54) is 11.8 Å². The predicted molar refractivity (Wildman–Crippen MR) is 65.6 cm³/mol. The van der Waals surface area contributed by atoms with Crippen molar-refractivity contribution in [1.82, 2.24) is 0 Å². The van der Waals surface area contributed by atoms with Gasteiger partial charge in [0, 0.05) is 17.6 Å². The fourth-order valence-corrected chi connectivity index (χ4v) is 1.65. The van der Waals surface area contributed by atoms with Crippen LogP contribution in [0.5, 0.6) is 0 Å². The Morgan fingerprint density at radius 1 is 1.38 bits per heavy atom. The van der Waals surface area contributed by atoms with Crippen LogP contribution in [0.3, 0.4) is 0 Å². The van der Waals surface area contributed by atoms with Crippen LogP contribution in [-0.2, 0) is 4.79 Å². The highest BCUT2D eigenvalue weighted by molar-refractivity contribution is 6.32. The van der Waals surface area contributed by atoms with Crippen LogP contribution in [0.2, 0.25) is 5.02 Å². The zero-order chi connectivity index (χ0) is 12.3. The number of ketones is 1. The van der Waals surface area contributed by atoms with Gasteiger partial charge in [0.15, 0.2) is 5.78 Å². The van der Waals surface area contributed by atoms with Crippen LogP contribution >= 0.6 is 23.2 Å². The van der Waals surface area contributed by atoms with Gasteiger partial charge in [-0.15, -0.1) is 11.6 Å². The van der Waals surface area contributed by atoms with E-state index >= 15 is 0 Å². The molecule has 5 heteroatoms. The summed E-state index contributed by atoms with van der Waals surface area (Å²) in [5.74, 6) is -0.548. The Labute approximate surface area is 104 Å². The maximum atomic E-state index is 11.4. The number of carbonyl (C=O) groups excluding carboxylic acids is 2. The molecular formula is C11H11Cl2NO2. The second kappa shape index (κ2) is 5.32. The SMILES string of the molecule is CC(=O)c1ccc(Cl)cc1N(C)C(=O)CCl. The molecule has 0 saturated heterocycles. The van der Waals surface area contributed by atoms with E-state index in [1.54, 1.807) is 25.2 Å².